The lowest BCUT2D eigenvalue weighted by Crippen LogP contribution is -2.41. The summed E-state index contributed by atoms with van der Waals surface area (Å²) in [5.74, 6) is -1.85. The number of anilines is 2. The molecule has 0 saturated carbocycles. The molecule has 0 spiro atoms. The van der Waals surface area contributed by atoms with Crippen molar-refractivity contribution in [3.8, 4) is 5.75 Å². The summed E-state index contributed by atoms with van der Waals surface area (Å²) in [4.78, 5) is 39.6. The molecule has 1 aliphatic rings. The first kappa shape index (κ1) is 25.1. The highest BCUT2D eigenvalue weighted by molar-refractivity contribution is 6.31. The zero-order chi connectivity index (χ0) is 26.0. The quantitative estimate of drug-likeness (QED) is 0.498. The molecule has 36 heavy (non-hydrogen) atoms. The fraction of sp³-hybridized carbons (Fsp3) is 0.208. The van der Waals surface area contributed by atoms with Gasteiger partial charge in [-0.3, -0.25) is 19.4 Å². The number of aromatic nitrogens is 1. The van der Waals surface area contributed by atoms with Crippen LogP contribution < -0.4 is 25.8 Å². The molecule has 12 heteroatoms. The second kappa shape index (κ2) is 10.3. The molecule has 3 amide bonds. The van der Waals surface area contributed by atoms with E-state index in [1.807, 2.05) is 0 Å². The zero-order valence-electron chi connectivity index (χ0n) is 18.8. The Hall–Kier alpha value is -3.96. The van der Waals surface area contributed by atoms with Gasteiger partial charge in [-0.2, -0.15) is 0 Å². The van der Waals surface area contributed by atoms with Crippen molar-refractivity contribution in [2.24, 2.45) is 5.73 Å². The number of ether oxygens (including phenoxy) is 1. The zero-order valence-corrected chi connectivity index (χ0v) is 19.5. The van der Waals surface area contributed by atoms with Crippen LogP contribution in [-0.2, 0) is 17.9 Å². The first-order chi connectivity index (χ1) is 17.2. The average molecular weight is 519 g/mol. The predicted octanol–water partition coefficient (Wildman–Crippen LogP) is 2.98. The summed E-state index contributed by atoms with van der Waals surface area (Å²) >= 11 is 6.20. The lowest BCUT2D eigenvalue weighted by molar-refractivity contribution is -0.119. The van der Waals surface area contributed by atoms with Gasteiger partial charge in [-0.05, 0) is 35.9 Å². The highest BCUT2D eigenvalue weighted by atomic mass is 35.5. The Labute approximate surface area is 208 Å². The molecule has 4 rings (SSSR count). The molecule has 0 aliphatic carbocycles. The number of halogens is 3. The summed E-state index contributed by atoms with van der Waals surface area (Å²) in [5, 5.41) is 8.91. The van der Waals surface area contributed by atoms with E-state index in [4.69, 9.17) is 27.2 Å². The Balaban J connectivity index is 1.56. The number of aliphatic hydroxyl groups is 1. The topological polar surface area (TPSA) is 118 Å². The predicted molar refractivity (Wildman–Crippen MR) is 128 cm³/mol. The van der Waals surface area contributed by atoms with E-state index in [2.05, 4.69) is 0 Å². The van der Waals surface area contributed by atoms with Gasteiger partial charge in [0.2, 0.25) is 5.91 Å². The van der Waals surface area contributed by atoms with Gasteiger partial charge in [-0.25, -0.2) is 13.6 Å². The average Bonchev–Trinajstić information content (AvgIpc) is 3.22. The van der Waals surface area contributed by atoms with Crippen LogP contribution in [0.3, 0.4) is 0 Å². The summed E-state index contributed by atoms with van der Waals surface area (Å²) in [6.45, 7) is -0.609. The summed E-state index contributed by atoms with van der Waals surface area (Å²) < 4.78 is 33.7. The monoisotopic (exact) mass is 518 g/mol. The third-order valence-electron chi connectivity index (χ3n) is 5.62. The van der Waals surface area contributed by atoms with Crippen LogP contribution in [0.4, 0.5) is 25.0 Å². The van der Waals surface area contributed by atoms with E-state index in [-0.39, 0.29) is 55.1 Å². The molecule has 1 aromatic heterocycles. The van der Waals surface area contributed by atoms with Gasteiger partial charge in [0, 0.05) is 17.8 Å². The first-order valence-electron chi connectivity index (χ1n) is 10.8. The normalized spacial score (nSPS) is 12.6. The molecule has 9 nitrogen and oxygen atoms in total. The molecule has 0 fully saturated rings. The maximum atomic E-state index is 13.8. The van der Waals surface area contributed by atoms with Gasteiger partial charge >= 0.3 is 6.03 Å². The fourth-order valence-electron chi connectivity index (χ4n) is 3.79. The Kier molecular flexibility index (Phi) is 7.22. The van der Waals surface area contributed by atoms with E-state index in [1.54, 1.807) is 18.2 Å². The van der Waals surface area contributed by atoms with E-state index in [9.17, 15) is 23.2 Å². The molecule has 0 unspecified atom stereocenters. The fourth-order valence-corrected chi connectivity index (χ4v) is 4.02. The maximum Gasteiger partial charge on any atom is 0.320 e. The van der Waals surface area contributed by atoms with Crippen molar-refractivity contribution in [3.63, 3.8) is 0 Å². The number of fused-ring (bicyclic) bond motifs is 1. The summed E-state index contributed by atoms with van der Waals surface area (Å²) in [6, 6.07) is 8.72. The smallest absolute Gasteiger partial charge is 0.320 e. The second-order valence-corrected chi connectivity index (χ2v) is 8.36. The van der Waals surface area contributed by atoms with Crippen LogP contribution in [0.25, 0.3) is 0 Å². The Morgan fingerprint density at radius 3 is 2.56 bits per heavy atom. The number of pyridine rings is 1. The number of rotatable bonds is 7. The van der Waals surface area contributed by atoms with Crippen molar-refractivity contribution in [1.29, 1.82) is 0 Å². The van der Waals surface area contributed by atoms with E-state index in [0.717, 1.165) is 12.1 Å². The minimum atomic E-state index is -0.780. The van der Waals surface area contributed by atoms with Gasteiger partial charge in [0.25, 0.3) is 5.56 Å². The maximum absolute atomic E-state index is 13.8. The number of hydrogen-bond donors (Lipinski definition) is 2. The molecule has 1 aliphatic heterocycles. The van der Waals surface area contributed by atoms with Crippen LogP contribution in [0.15, 0.2) is 53.5 Å². The van der Waals surface area contributed by atoms with Crippen LogP contribution in [0.2, 0.25) is 5.02 Å². The molecule has 0 atom stereocenters. The number of hydrogen-bond acceptors (Lipinski definition) is 5. The van der Waals surface area contributed by atoms with E-state index in [1.165, 1.54) is 32.7 Å². The van der Waals surface area contributed by atoms with Gasteiger partial charge < -0.3 is 20.1 Å². The Morgan fingerprint density at radius 1 is 1.08 bits per heavy atom. The van der Waals surface area contributed by atoms with Crippen molar-refractivity contribution in [1.82, 2.24) is 4.57 Å². The molecule has 3 aromatic rings. The minimum absolute atomic E-state index is 0.0356. The Bertz CT molecular complexity index is 1400. The summed E-state index contributed by atoms with van der Waals surface area (Å²) in [5.41, 5.74) is 6.44. The highest BCUT2D eigenvalue weighted by Crippen LogP contribution is 2.37. The van der Waals surface area contributed by atoms with Crippen LogP contribution in [0, 0.1) is 11.6 Å². The van der Waals surface area contributed by atoms with Crippen molar-refractivity contribution in [2.75, 3.05) is 23.1 Å². The van der Waals surface area contributed by atoms with E-state index in [0.29, 0.717) is 16.9 Å². The number of carbonyl (C=O) groups excluding carboxylic acids is 2. The molecule has 188 valence electrons. The molecule has 0 saturated heterocycles. The third-order valence-corrected chi connectivity index (χ3v) is 5.97. The number of amides is 3. The first-order valence-corrected chi connectivity index (χ1v) is 11.1. The molecular weight excluding hydrogens is 498 g/mol. The van der Waals surface area contributed by atoms with E-state index >= 15 is 0 Å². The second-order valence-electron chi connectivity index (χ2n) is 7.98. The van der Waals surface area contributed by atoms with Crippen molar-refractivity contribution >= 4 is 34.9 Å². The van der Waals surface area contributed by atoms with Gasteiger partial charge in [0.15, 0.2) is 0 Å². The number of urea groups is 1. The van der Waals surface area contributed by atoms with E-state index < -0.39 is 23.2 Å². The van der Waals surface area contributed by atoms with Crippen LogP contribution in [0.1, 0.15) is 17.5 Å². The molecule has 0 bridgehead atoms. The van der Waals surface area contributed by atoms with Crippen molar-refractivity contribution in [2.45, 2.75) is 19.6 Å². The number of nitrogens with zero attached hydrogens (tertiary/aromatic N) is 3. The molecule has 2 aromatic carbocycles. The Morgan fingerprint density at radius 2 is 1.86 bits per heavy atom. The number of primary amides is 1. The minimum Gasteiger partial charge on any atom is -0.487 e. The standard InChI is InChI=1S/C24H21ClF2N4O5/c25-22-20(36-12-15-2-3-16(26)10-17(15)27)5-7-29(23(22)34)11-14-1-4-18-19(9-14)30(21(33)6-8-32)13-31(18)24(28)35/h1-5,7,9-10,32H,6,8,11-13H2,(H2,28,35). The molecule has 0 radical (unpaired) electrons. The van der Waals surface area contributed by atoms with Gasteiger partial charge in [-0.1, -0.05) is 17.7 Å². The lowest BCUT2D eigenvalue weighted by Gasteiger charge is -2.17. The van der Waals surface area contributed by atoms with Crippen molar-refractivity contribution < 1.29 is 28.2 Å². The van der Waals surface area contributed by atoms with Crippen molar-refractivity contribution in [3.05, 3.63) is 86.8 Å². The highest BCUT2D eigenvalue weighted by Gasteiger charge is 2.32. The largest absolute Gasteiger partial charge is 0.487 e. The number of nitrogens with two attached hydrogens (primary N) is 1. The SMILES string of the molecule is NC(=O)N1CN(C(=O)CCO)c2cc(Cn3ccc(OCc4ccc(F)cc4F)c(Cl)c3=O)ccc21. The molecular formula is C24H21ClF2N4O5. The molecule has 2 heterocycles. The molecule has 3 N–H and O–H groups in total. The van der Waals surface area contributed by atoms with Gasteiger partial charge in [-0.15, -0.1) is 0 Å². The van der Waals surface area contributed by atoms with Gasteiger partial charge in [0.05, 0.1) is 30.9 Å². The van der Waals surface area contributed by atoms with Gasteiger partial charge in [0.1, 0.15) is 35.7 Å². The van der Waals surface area contributed by atoms with Crippen LogP contribution in [-0.4, -0.2) is 34.9 Å². The summed E-state index contributed by atoms with van der Waals surface area (Å²) in [6.07, 6.45) is 1.32. The third kappa shape index (κ3) is 5.02. The number of aliphatic hydroxyl groups excluding tert-OH is 1. The van der Waals surface area contributed by atoms with Crippen LogP contribution in [0.5, 0.6) is 5.75 Å². The lowest BCUT2D eigenvalue weighted by atomic mass is 10.1. The number of carbonyl (C=O) groups is 2. The number of benzene rings is 2. The van der Waals surface area contributed by atoms with Crippen LogP contribution >= 0.6 is 11.6 Å². The summed E-state index contributed by atoms with van der Waals surface area (Å²) in [7, 11) is 0.